The molecule has 1 fully saturated rings. The van der Waals surface area contributed by atoms with Crippen molar-refractivity contribution in [1.29, 1.82) is 0 Å². The molecule has 3 aromatic carbocycles. The van der Waals surface area contributed by atoms with E-state index in [1.165, 1.54) is 33.8 Å². The first-order chi connectivity index (χ1) is 13.1. The van der Waals surface area contributed by atoms with Crippen LogP contribution in [0.1, 0.15) is 16.7 Å². The fourth-order valence-electron chi connectivity index (χ4n) is 3.96. The lowest BCUT2D eigenvalue weighted by Gasteiger charge is -2.46. The lowest BCUT2D eigenvalue weighted by molar-refractivity contribution is 0.608. The minimum atomic E-state index is 0. The molecule has 0 bridgehead atoms. The Kier molecular flexibility index (Phi) is 9.83. The molecule has 0 radical (unpaired) electrons. The Hall–Kier alpha value is -2.07. The summed E-state index contributed by atoms with van der Waals surface area (Å²) in [4.78, 5) is 7.41. The van der Waals surface area contributed by atoms with E-state index in [1.807, 2.05) is 0 Å². The minimum absolute atomic E-state index is 0. The van der Waals surface area contributed by atoms with Crippen LogP contribution in [0.2, 0.25) is 0 Å². The van der Waals surface area contributed by atoms with Crippen molar-refractivity contribution in [3.8, 4) is 0 Å². The van der Waals surface area contributed by atoms with Crippen molar-refractivity contribution in [2.24, 2.45) is 0 Å². The van der Waals surface area contributed by atoms with E-state index in [2.05, 4.69) is 108 Å². The van der Waals surface area contributed by atoms with Crippen molar-refractivity contribution in [2.45, 2.75) is 20.8 Å². The van der Waals surface area contributed by atoms with Gasteiger partial charge in [0.25, 0.3) is 0 Å². The Bertz CT molecular complexity index is 820. The molecule has 3 aromatic rings. The maximum absolute atomic E-state index is 2.47. The zero-order valence-corrected chi connectivity index (χ0v) is 20.1. The first-order valence-electron chi connectivity index (χ1n) is 9.55. The third kappa shape index (κ3) is 5.34. The van der Waals surface area contributed by atoms with Crippen LogP contribution in [0.5, 0.6) is 0 Å². The van der Waals surface area contributed by atoms with E-state index >= 15 is 0 Å². The molecule has 0 spiro atoms. The highest BCUT2D eigenvalue weighted by atomic mass is 35.5. The summed E-state index contributed by atoms with van der Waals surface area (Å²) in [6.07, 6.45) is 0. The second kappa shape index (κ2) is 11.4. The summed E-state index contributed by atoms with van der Waals surface area (Å²) in [6.45, 7) is 9.24. The largest absolute Gasteiger partial charge is 0.336 e. The van der Waals surface area contributed by atoms with Crippen molar-refractivity contribution in [1.82, 2.24) is 0 Å². The van der Waals surface area contributed by atoms with Crippen LogP contribution < -0.4 is 14.7 Å². The molecule has 1 aliphatic rings. The van der Waals surface area contributed by atoms with Gasteiger partial charge in [0.05, 0.1) is 20.0 Å². The highest BCUT2D eigenvalue weighted by molar-refractivity contribution is 5.86. The van der Waals surface area contributed by atoms with Crippen molar-refractivity contribution < 1.29 is 0 Å². The van der Waals surface area contributed by atoms with E-state index < -0.39 is 0 Å². The van der Waals surface area contributed by atoms with Gasteiger partial charge < -0.3 is 14.7 Å². The van der Waals surface area contributed by atoms with Crippen LogP contribution in [0.4, 0.5) is 17.1 Å². The lowest BCUT2D eigenvalue weighted by atomic mass is 10.1. The van der Waals surface area contributed by atoms with Gasteiger partial charge in [0, 0.05) is 17.1 Å². The molecule has 1 saturated heterocycles. The van der Waals surface area contributed by atoms with Gasteiger partial charge in [0.1, 0.15) is 0 Å². The van der Waals surface area contributed by atoms with E-state index in [4.69, 9.17) is 0 Å². The van der Waals surface area contributed by atoms with Crippen molar-refractivity contribution >= 4 is 54.3 Å². The van der Waals surface area contributed by atoms with E-state index in [9.17, 15) is 0 Å². The molecule has 0 saturated carbocycles. The number of aryl methyl sites for hydroxylation is 3. The average molecular weight is 467 g/mol. The van der Waals surface area contributed by atoms with Crippen LogP contribution >= 0.6 is 37.2 Å². The smallest absolute Gasteiger partial charge is 0.0937 e. The van der Waals surface area contributed by atoms with Crippen LogP contribution in [0.15, 0.2) is 72.8 Å². The Morgan fingerprint density at radius 3 is 0.900 bits per heavy atom. The number of hydrogen-bond acceptors (Lipinski definition) is 3. The molecule has 0 aliphatic carbocycles. The fourth-order valence-corrected chi connectivity index (χ4v) is 3.96. The Morgan fingerprint density at radius 1 is 0.433 bits per heavy atom. The van der Waals surface area contributed by atoms with Gasteiger partial charge in [-0.25, -0.2) is 0 Å². The third-order valence-electron chi connectivity index (χ3n) is 5.39. The molecule has 0 atom stereocenters. The number of para-hydroxylation sites is 3. The van der Waals surface area contributed by atoms with E-state index in [0.717, 1.165) is 20.0 Å². The number of halogens is 3. The molecule has 0 amide bonds. The summed E-state index contributed by atoms with van der Waals surface area (Å²) in [5.74, 6) is 0. The van der Waals surface area contributed by atoms with Crippen LogP contribution in [0, 0.1) is 20.8 Å². The molecule has 0 unspecified atom stereocenters. The Balaban J connectivity index is 0.00000150. The highest BCUT2D eigenvalue weighted by Gasteiger charge is 2.26. The van der Waals surface area contributed by atoms with Gasteiger partial charge in [-0.1, -0.05) is 54.6 Å². The van der Waals surface area contributed by atoms with E-state index in [1.54, 1.807) is 0 Å². The SMILES string of the molecule is Cc1ccccc1N1CN(c2ccccc2C)CN(c2ccccc2C)C1.Cl.Cl.Cl. The predicted octanol–water partition coefficient (Wildman–Crippen LogP) is 6.58. The van der Waals surface area contributed by atoms with Crippen LogP contribution in [-0.2, 0) is 0 Å². The topological polar surface area (TPSA) is 9.72 Å². The number of rotatable bonds is 3. The standard InChI is InChI=1S/C24H27N3.3ClH/c1-19-10-4-7-13-22(19)25-16-26(23-14-8-5-11-20(23)2)18-27(17-25)24-15-9-6-12-21(24)3;;;/h4-15H,16-18H2,1-3H3;3*1H. The molecule has 4 rings (SSSR count). The quantitative estimate of drug-likeness (QED) is 0.431. The van der Waals surface area contributed by atoms with Gasteiger partial charge in [-0.15, -0.1) is 37.2 Å². The monoisotopic (exact) mass is 465 g/mol. The second-order valence-corrected chi connectivity index (χ2v) is 7.40. The molecule has 30 heavy (non-hydrogen) atoms. The summed E-state index contributed by atoms with van der Waals surface area (Å²) < 4.78 is 0. The summed E-state index contributed by atoms with van der Waals surface area (Å²) in [5, 5.41) is 0. The average Bonchev–Trinajstić information content (AvgIpc) is 2.69. The second-order valence-electron chi connectivity index (χ2n) is 7.40. The number of hydrogen-bond donors (Lipinski definition) is 0. The summed E-state index contributed by atoms with van der Waals surface area (Å²) in [7, 11) is 0. The fraction of sp³-hybridized carbons (Fsp3) is 0.250. The summed E-state index contributed by atoms with van der Waals surface area (Å²) in [5.41, 5.74) is 7.84. The number of benzene rings is 3. The zero-order chi connectivity index (χ0) is 18.8. The van der Waals surface area contributed by atoms with Gasteiger partial charge in [-0.2, -0.15) is 0 Å². The van der Waals surface area contributed by atoms with Gasteiger partial charge in [0.2, 0.25) is 0 Å². The maximum Gasteiger partial charge on any atom is 0.0937 e. The van der Waals surface area contributed by atoms with E-state index in [0.29, 0.717) is 0 Å². The molecule has 1 heterocycles. The van der Waals surface area contributed by atoms with E-state index in [-0.39, 0.29) is 37.2 Å². The van der Waals surface area contributed by atoms with Gasteiger partial charge >= 0.3 is 0 Å². The van der Waals surface area contributed by atoms with Gasteiger partial charge in [0.15, 0.2) is 0 Å². The summed E-state index contributed by atoms with van der Waals surface area (Å²) in [6, 6.07) is 26.0. The van der Waals surface area contributed by atoms with Crippen LogP contribution in [0.25, 0.3) is 0 Å². The molecule has 3 nitrogen and oxygen atoms in total. The number of anilines is 3. The maximum atomic E-state index is 2.47. The Morgan fingerprint density at radius 2 is 0.667 bits per heavy atom. The first kappa shape index (κ1) is 26.0. The first-order valence-corrected chi connectivity index (χ1v) is 9.55. The Labute approximate surface area is 198 Å². The molecule has 1 aliphatic heterocycles. The summed E-state index contributed by atoms with van der Waals surface area (Å²) >= 11 is 0. The van der Waals surface area contributed by atoms with Gasteiger partial charge in [-0.3, -0.25) is 0 Å². The normalized spacial score (nSPS) is 13.1. The zero-order valence-electron chi connectivity index (χ0n) is 17.6. The van der Waals surface area contributed by atoms with Gasteiger partial charge in [-0.05, 0) is 55.7 Å². The molecule has 162 valence electrons. The van der Waals surface area contributed by atoms with Crippen LogP contribution in [0.3, 0.4) is 0 Å². The third-order valence-corrected chi connectivity index (χ3v) is 5.39. The van der Waals surface area contributed by atoms with Crippen LogP contribution in [-0.4, -0.2) is 20.0 Å². The molecule has 0 N–H and O–H groups in total. The number of nitrogens with zero attached hydrogens (tertiary/aromatic N) is 3. The van der Waals surface area contributed by atoms with Crippen molar-refractivity contribution in [3.63, 3.8) is 0 Å². The minimum Gasteiger partial charge on any atom is -0.336 e. The highest BCUT2D eigenvalue weighted by Crippen LogP contribution is 2.30. The van der Waals surface area contributed by atoms with Crippen molar-refractivity contribution in [2.75, 3.05) is 34.7 Å². The lowest BCUT2D eigenvalue weighted by Crippen LogP contribution is -2.56. The predicted molar refractivity (Wildman–Crippen MR) is 137 cm³/mol. The molecular weight excluding hydrogens is 437 g/mol. The molecule has 0 aromatic heterocycles. The molecule has 6 heteroatoms. The molecular formula is C24H30Cl3N3. The van der Waals surface area contributed by atoms with Crippen molar-refractivity contribution in [3.05, 3.63) is 89.5 Å².